The van der Waals surface area contributed by atoms with Crippen LogP contribution < -0.4 is 9.47 Å². The van der Waals surface area contributed by atoms with E-state index in [1.807, 2.05) is 13.0 Å². The van der Waals surface area contributed by atoms with Crippen molar-refractivity contribution >= 4 is 22.4 Å². The number of pyridine rings is 1. The molecule has 0 aliphatic carbocycles. The first kappa shape index (κ1) is 11.6. The number of rotatable bonds is 2. The van der Waals surface area contributed by atoms with Gasteiger partial charge in [0.1, 0.15) is 22.8 Å². The van der Waals surface area contributed by atoms with Crippen LogP contribution in [0.15, 0.2) is 18.3 Å². The molecule has 1 atom stereocenters. The Bertz CT molecular complexity index is 612. The Balaban J connectivity index is 2.33. The van der Waals surface area contributed by atoms with E-state index in [1.165, 1.54) is 0 Å². The van der Waals surface area contributed by atoms with Crippen molar-refractivity contribution in [1.82, 2.24) is 4.98 Å². The van der Waals surface area contributed by atoms with Crippen molar-refractivity contribution in [3.05, 3.63) is 29.0 Å². The van der Waals surface area contributed by atoms with Gasteiger partial charge in [-0.25, -0.2) is 4.98 Å². The van der Waals surface area contributed by atoms with E-state index in [2.05, 4.69) is 18.0 Å². The highest BCUT2D eigenvalue weighted by atomic mass is 35.5. The predicted molar refractivity (Wildman–Crippen MR) is 71.7 cm³/mol. The largest absolute Gasteiger partial charge is 0.493 e. The summed E-state index contributed by atoms with van der Waals surface area (Å²) in [5, 5.41) is 2.30. The topological polar surface area (TPSA) is 31.4 Å². The third-order valence-corrected chi connectivity index (χ3v) is 3.41. The molecule has 1 unspecified atom stereocenters. The second-order valence-corrected chi connectivity index (χ2v) is 4.81. The van der Waals surface area contributed by atoms with Crippen molar-refractivity contribution in [2.24, 2.45) is 0 Å². The summed E-state index contributed by atoms with van der Waals surface area (Å²) in [6, 6.07) is 3.97. The molecule has 1 aromatic carbocycles. The van der Waals surface area contributed by atoms with Gasteiger partial charge in [0.05, 0.1) is 12.0 Å². The average molecular weight is 264 g/mol. The summed E-state index contributed by atoms with van der Waals surface area (Å²) in [5.41, 5.74) is 1.15. The van der Waals surface area contributed by atoms with Crippen molar-refractivity contribution < 1.29 is 9.47 Å². The first-order valence-electron chi connectivity index (χ1n) is 6.10. The normalized spacial score (nSPS) is 17.6. The molecule has 0 N–H and O–H groups in total. The molecule has 0 radical (unpaired) electrons. The summed E-state index contributed by atoms with van der Waals surface area (Å²) >= 11 is 6.21. The minimum absolute atomic E-state index is 0.177. The predicted octanol–water partition coefficient (Wildman–Crippen LogP) is 3.61. The van der Waals surface area contributed by atoms with Crippen LogP contribution >= 0.6 is 11.6 Å². The lowest BCUT2D eigenvalue weighted by Crippen LogP contribution is -2.05. The maximum absolute atomic E-state index is 6.21. The van der Waals surface area contributed by atoms with Gasteiger partial charge in [-0.05, 0) is 26.0 Å². The maximum atomic E-state index is 6.21. The van der Waals surface area contributed by atoms with Crippen molar-refractivity contribution in [3.63, 3.8) is 0 Å². The van der Waals surface area contributed by atoms with E-state index < -0.39 is 0 Å². The molecule has 2 aromatic rings. The van der Waals surface area contributed by atoms with Gasteiger partial charge in [-0.1, -0.05) is 11.6 Å². The van der Waals surface area contributed by atoms with E-state index in [0.29, 0.717) is 11.8 Å². The molecular weight excluding hydrogens is 250 g/mol. The van der Waals surface area contributed by atoms with Gasteiger partial charge < -0.3 is 9.47 Å². The Morgan fingerprint density at radius 2 is 2.39 bits per heavy atom. The van der Waals surface area contributed by atoms with Crippen LogP contribution in [0.4, 0.5) is 0 Å². The van der Waals surface area contributed by atoms with Gasteiger partial charge in [-0.2, -0.15) is 0 Å². The summed E-state index contributed by atoms with van der Waals surface area (Å²) in [6.45, 7) is 4.65. The Morgan fingerprint density at radius 1 is 1.56 bits per heavy atom. The van der Waals surface area contributed by atoms with Gasteiger partial charge in [0.15, 0.2) is 0 Å². The highest BCUT2D eigenvalue weighted by molar-refractivity contribution is 6.35. The zero-order valence-electron chi connectivity index (χ0n) is 10.4. The maximum Gasteiger partial charge on any atom is 0.140 e. The van der Waals surface area contributed by atoms with Crippen molar-refractivity contribution in [1.29, 1.82) is 0 Å². The Hall–Kier alpha value is -1.48. The first-order valence-corrected chi connectivity index (χ1v) is 6.48. The number of nitrogens with zero attached hydrogens (tertiary/aromatic N) is 1. The van der Waals surface area contributed by atoms with E-state index >= 15 is 0 Å². The van der Waals surface area contributed by atoms with E-state index in [1.54, 1.807) is 6.20 Å². The lowest BCUT2D eigenvalue weighted by atomic mass is 10.0. The minimum Gasteiger partial charge on any atom is -0.493 e. The molecule has 3 rings (SSSR count). The number of hydrogen-bond donors (Lipinski definition) is 0. The number of ether oxygens (including phenoxy) is 2. The standard InChI is InChI=1S/C14H14ClNO2/c1-3-17-11-7-9-6-8(2)18-13(9)12-10(11)4-5-16-14(12)15/h4-5,7-8H,3,6H2,1-2H3. The van der Waals surface area contributed by atoms with Crippen LogP contribution in [0.5, 0.6) is 11.5 Å². The number of fused-ring (bicyclic) bond motifs is 3. The van der Waals surface area contributed by atoms with Crippen LogP contribution in [0.2, 0.25) is 5.15 Å². The Kier molecular flexibility index (Phi) is 2.78. The van der Waals surface area contributed by atoms with E-state index in [0.717, 1.165) is 34.3 Å². The molecule has 0 saturated heterocycles. The summed E-state index contributed by atoms with van der Waals surface area (Å²) in [5.74, 6) is 1.72. The molecule has 1 aliphatic rings. The Labute approximate surface area is 111 Å². The van der Waals surface area contributed by atoms with Crippen molar-refractivity contribution in [3.8, 4) is 11.5 Å². The molecular formula is C14H14ClNO2. The molecule has 18 heavy (non-hydrogen) atoms. The monoisotopic (exact) mass is 263 g/mol. The number of hydrogen-bond acceptors (Lipinski definition) is 3. The van der Waals surface area contributed by atoms with Crippen LogP contribution in [-0.4, -0.2) is 17.7 Å². The molecule has 0 saturated carbocycles. The summed E-state index contributed by atoms with van der Waals surface area (Å²) in [4.78, 5) is 4.14. The SMILES string of the molecule is CCOc1cc2c(c3c(Cl)nccc13)OC(C)C2. The van der Waals surface area contributed by atoms with Crippen LogP contribution in [0.25, 0.3) is 10.8 Å². The van der Waals surface area contributed by atoms with Crippen molar-refractivity contribution in [2.45, 2.75) is 26.4 Å². The molecule has 3 nitrogen and oxygen atoms in total. The molecule has 0 fully saturated rings. The summed E-state index contributed by atoms with van der Waals surface area (Å²) in [6.07, 6.45) is 2.76. The van der Waals surface area contributed by atoms with Gasteiger partial charge in [-0.3, -0.25) is 0 Å². The third kappa shape index (κ3) is 1.70. The zero-order valence-corrected chi connectivity index (χ0v) is 11.1. The molecule has 2 heterocycles. The highest BCUT2D eigenvalue weighted by Crippen LogP contribution is 2.43. The van der Waals surface area contributed by atoms with Crippen LogP contribution in [0, 0.1) is 0 Å². The number of aromatic nitrogens is 1. The zero-order chi connectivity index (χ0) is 12.7. The fraction of sp³-hybridized carbons (Fsp3) is 0.357. The molecule has 94 valence electrons. The van der Waals surface area contributed by atoms with E-state index in [-0.39, 0.29) is 6.10 Å². The number of benzene rings is 1. The van der Waals surface area contributed by atoms with Gasteiger partial charge in [0, 0.05) is 23.6 Å². The summed E-state index contributed by atoms with van der Waals surface area (Å²) < 4.78 is 11.5. The smallest absolute Gasteiger partial charge is 0.140 e. The highest BCUT2D eigenvalue weighted by Gasteiger charge is 2.25. The van der Waals surface area contributed by atoms with Crippen LogP contribution in [0.1, 0.15) is 19.4 Å². The molecule has 0 spiro atoms. The number of halogens is 1. The average Bonchev–Trinajstić information content (AvgIpc) is 2.70. The second-order valence-electron chi connectivity index (χ2n) is 4.45. The molecule has 0 amide bonds. The lowest BCUT2D eigenvalue weighted by molar-refractivity contribution is 0.257. The van der Waals surface area contributed by atoms with Gasteiger partial charge in [0.2, 0.25) is 0 Å². The van der Waals surface area contributed by atoms with Crippen molar-refractivity contribution in [2.75, 3.05) is 6.61 Å². The summed E-state index contributed by atoms with van der Waals surface area (Å²) in [7, 11) is 0. The minimum atomic E-state index is 0.177. The van der Waals surface area contributed by atoms with Gasteiger partial charge >= 0.3 is 0 Å². The quantitative estimate of drug-likeness (QED) is 0.776. The van der Waals surface area contributed by atoms with E-state index in [4.69, 9.17) is 21.1 Å². The lowest BCUT2D eigenvalue weighted by Gasteiger charge is -2.12. The fourth-order valence-corrected chi connectivity index (χ4v) is 2.68. The van der Waals surface area contributed by atoms with Crippen LogP contribution in [0.3, 0.4) is 0 Å². The molecule has 0 bridgehead atoms. The van der Waals surface area contributed by atoms with Crippen LogP contribution in [-0.2, 0) is 6.42 Å². The fourth-order valence-electron chi connectivity index (χ4n) is 2.43. The van der Waals surface area contributed by atoms with Gasteiger partial charge in [-0.15, -0.1) is 0 Å². The molecule has 1 aliphatic heterocycles. The first-order chi connectivity index (χ1) is 8.70. The van der Waals surface area contributed by atoms with Gasteiger partial charge in [0.25, 0.3) is 0 Å². The Morgan fingerprint density at radius 3 is 3.17 bits per heavy atom. The third-order valence-electron chi connectivity index (χ3n) is 3.12. The molecule has 4 heteroatoms. The molecule has 1 aromatic heterocycles. The second kappa shape index (κ2) is 4.32. The van der Waals surface area contributed by atoms with E-state index in [9.17, 15) is 0 Å².